The predicted molar refractivity (Wildman–Crippen MR) is 65.3 cm³/mol. The summed E-state index contributed by atoms with van der Waals surface area (Å²) in [4.78, 5) is 0. The first kappa shape index (κ1) is 11.9. The highest BCUT2D eigenvalue weighted by molar-refractivity contribution is 5.27. The maximum Gasteiger partial charge on any atom is 0.123 e. The first-order valence-electron chi connectivity index (χ1n) is 5.65. The molecule has 1 heterocycles. The predicted octanol–water partition coefficient (Wildman–Crippen LogP) is 3.04. The molecule has 17 heavy (non-hydrogen) atoms. The van der Waals surface area contributed by atoms with Crippen LogP contribution in [0.1, 0.15) is 29.7 Å². The van der Waals surface area contributed by atoms with Crippen molar-refractivity contribution in [2.24, 2.45) is 0 Å². The third kappa shape index (κ3) is 2.74. The smallest absolute Gasteiger partial charge is 0.123 e. The molecule has 0 bridgehead atoms. The van der Waals surface area contributed by atoms with Gasteiger partial charge in [0.1, 0.15) is 5.82 Å². The van der Waals surface area contributed by atoms with Crippen molar-refractivity contribution in [3.63, 3.8) is 0 Å². The molecule has 0 amide bonds. The van der Waals surface area contributed by atoms with E-state index in [1.165, 1.54) is 12.1 Å². The van der Waals surface area contributed by atoms with Gasteiger partial charge in [-0.05, 0) is 48.7 Å². The summed E-state index contributed by atoms with van der Waals surface area (Å²) < 4.78 is 14.9. The Bertz CT molecular complexity index is 517. The van der Waals surface area contributed by atoms with Crippen molar-refractivity contribution in [2.75, 3.05) is 0 Å². The molecule has 1 N–H and O–H groups in total. The number of nitrogens with zero attached hydrogens (tertiary/aromatic N) is 1. The number of rotatable bonds is 3. The molecule has 0 aliphatic carbocycles. The number of aryl methyl sites for hydroxylation is 1. The van der Waals surface area contributed by atoms with Gasteiger partial charge in [-0.1, -0.05) is 6.07 Å². The summed E-state index contributed by atoms with van der Waals surface area (Å²) in [5, 5.41) is 9.43. The third-order valence-electron chi connectivity index (χ3n) is 2.91. The molecule has 2 nitrogen and oxygen atoms in total. The Kier molecular flexibility index (Phi) is 3.29. The lowest BCUT2D eigenvalue weighted by Crippen LogP contribution is -1.99. The molecule has 1 atom stereocenters. The van der Waals surface area contributed by atoms with Crippen molar-refractivity contribution in [3.05, 3.63) is 59.2 Å². The van der Waals surface area contributed by atoms with Gasteiger partial charge in [-0.3, -0.25) is 0 Å². The quantitative estimate of drug-likeness (QED) is 0.866. The van der Waals surface area contributed by atoms with E-state index in [1.54, 1.807) is 13.0 Å². The average molecular weight is 233 g/mol. The minimum absolute atomic E-state index is 0.205. The van der Waals surface area contributed by atoms with E-state index in [0.29, 0.717) is 6.54 Å². The lowest BCUT2D eigenvalue weighted by atomic mass is 10.1. The standard InChI is InChI=1S/C14H16FNO/c1-10-7-14(15)4-3-12(10)8-16-6-5-13(9-16)11(2)17/h3-7,9,11,17H,8H2,1-2H3. The SMILES string of the molecule is Cc1cc(F)ccc1Cn1ccc(C(C)O)c1. The Balaban J connectivity index is 2.19. The Morgan fingerprint density at radius 2 is 2.12 bits per heavy atom. The highest BCUT2D eigenvalue weighted by Gasteiger charge is 2.05. The number of aromatic nitrogens is 1. The van der Waals surface area contributed by atoms with Gasteiger partial charge in [-0.2, -0.15) is 0 Å². The monoisotopic (exact) mass is 233 g/mol. The summed E-state index contributed by atoms with van der Waals surface area (Å²) in [6, 6.07) is 6.70. The fourth-order valence-corrected chi connectivity index (χ4v) is 1.84. The fraction of sp³-hybridized carbons (Fsp3) is 0.286. The molecule has 0 saturated carbocycles. The zero-order valence-electron chi connectivity index (χ0n) is 10.0. The molecule has 0 saturated heterocycles. The van der Waals surface area contributed by atoms with Crippen LogP contribution in [-0.2, 0) is 6.54 Å². The summed E-state index contributed by atoms with van der Waals surface area (Å²) in [6.07, 6.45) is 3.38. The molecule has 0 fully saturated rings. The van der Waals surface area contributed by atoms with Gasteiger partial charge in [-0.25, -0.2) is 4.39 Å². The number of halogens is 1. The van der Waals surface area contributed by atoms with Crippen molar-refractivity contribution < 1.29 is 9.50 Å². The van der Waals surface area contributed by atoms with Crippen LogP contribution < -0.4 is 0 Å². The number of hydrogen-bond donors (Lipinski definition) is 1. The first-order chi connectivity index (χ1) is 8.06. The maximum absolute atomic E-state index is 13.0. The van der Waals surface area contributed by atoms with E-state index in [-0.39, 0.29) is 5.82 Å². The topological polar surface area (TPSA) is 25.2 Å². The van der Waals surface area contributed by atoms with Gasteiger partial charge in [-0.15, -0.1) is 0 Å². The Labute approximate surface area is 100 Å². The zero-order valence-corrected chi connectivity index (χ0v) is 10.0. The summed E-state index contributed by atoms with van der Waals surface area (Å²) in [7, 11) is 0. The van der Waals surface area contributed by atoms with Gasteiger partial charge in [0.25, 0.3) is 0 Å². The third-order valence-corrected chi connectivity index (χ3v) is 2.91. The largest absolute Gasteiger partial charge is 0.389 e. The molecule has 0 aliphatic rings. The van der Waals surface area contributed by atoms with Crippen molar-refractivity contribution >= 4 is 0 Å². The van der Waals surface area contributed by atoms with E-state index < -0.39 is 6.10 Å². The molecule has 0 spiro atoms. The van der Waals surface area contributed by atoms with Gasteiger partial charge in [0.05, 0.1) is 6.10 Å². The van der Waals surface area contributed by atoms with Gasteiger partial charge in [0.15, 0.2) is 0 Å². The molecule has 1 aromatic carbocycles. The molecule has 2 rings (SSSR count). The summed E-state index contributed by atoms with van der Waals surface area (Å²) >= 11 is 0. The van der Waals surface area contributed by atoms with Gasteiger partial charge in [0.2, 0.25) is 0 Å². The van der Waals surface area contributed by atoms with E-state index in [2.05, 4.69) is 0 Å². The Hall–Kier alpha value is -1.61. The Morgan fingerprint density at radius 1 is 1.35 bits per heavy atom. The summed E-state index contributed by atoms with van der Waals surface area (Å²) in [6.45, 7) is 4.33. The molecule has 90 valence electrons. The van der Waals surface area contributed by atoms with Crippen LogP contribution in [0, 0.1) is 12.7 Å². The number of benzene rings is 1. The summed E-state index contributed by atoms with van der Waals surface area (Å²) in [5.74, 6) is -0.205. The molecule has 1 aromatic heterocycles. The normalized spacial score (nSPS) is 12.7. The minimum atomic E-state index is -0.453. The lowest BCUT2D eigenvalue weighted by Gasteiger charge is -2.07. The van der Waals surface area contributed by atoms with Crippen LogP contribution in [0.3, 0.4) is 0 Å². The zero-order chi connectivity index (χ0) is 12.4. The maximum atomic E-state index is 13.0. The fourth-order valence-electron chi connectivity index (χ4n) is 1.84. The second-order valence-corrected chi connectivity index (χ2v) is 4.36. The van der Waals surface area contributed by atoms with Crippen molar-refractivity contribution in [2.45, 2.75) is 26.5 Å². The van der Waals surface area contributed by atoms with Crippen molar-refractivity contribution in [3.8, 4) is 0 Å². The van der Waals surface area contributed by atoms with Gasteiger partial charge >= 0.3 is 0 Å². The number of aliphatic hydroxyl groups excluding tert-OH is 1. The molecule has 0 aliphatic heterocycles. The van der Waals surface area contributed by atoms with E-state index in [4.69, 9.17) is 0 Å². The van der Waals surface area contributed by atoms with Crippen LogP contribution in [-0.4, -0.2) is 9.67 Å². The van der Waals surface area contributed by atoms with Gasteiger partial charge in [0, 0.05) is 18.9 Å². The highest BCUT2D eigenvalue weighted by Crippen LogP contribution is 2.15. The van der Waals surface area contributed by atoms with Crippen LogP contribution >= 0.6 is 0 Å². The highest BCUT2D eigenvalue weighted by atomic mass is 19.1. The minimum Gasteiger partial charge on any atom is -0.389 e. The van der Waals surface area contributed by atoms with E-state index in [9.17, 15) is 9.50 Å². The average Bonchev–Trinajstić information content (AvgIpc) is 2.71. The van der Waals surface area contributed by atoms with Crippen molar-refractivity contribution in [1.82, 2.24) is 4.57 Å². The molecular formula is C14H16FNO. The first-order valence-corrected chi connectivity index (χ1v) is 5.65. The number of hydrogen-bond acceptors (Lipinski definition) is 1. The Morgan fingerprint density at radius 3 is 2.71 bits per heavy atom. The van der Waals surface area contributed by atoms with E-state index >= 15 is 0 Å². The van der Waals surface area contributed by atoms with Crippen LogP contribution in [0.5, 0.6) is 0 Å². The molecular weight excluding hydrogens is 217 g/mol. The van der Waals surface area contributed by atoms with Gasteiger partial charge < -0.3 is 9.67 Å². The molecule has 0 radical (unpaired) electrons. The lowest BCUT2D eigenvalue weighted by molar-refractivity contribution is 0.199. The van der Waals surface area contributed by atoms with Crippen LogP contribution in [0.25, 0.3) is 0 Å². The van der Waals surface area contributed by atoms with E-state index in [0.717, 1.165) is 16.7 Å². The van der Waals surface area contributed by atoms with Crippen LogP contribution in [0.4, 0.5) is 4.39 Å². The van der Waals surface area contributed by atoms with Crippen LogP contribution in [0.2, 0.25) is 0 Å². The second kappa shape index (κ2) is 4.72. The van der Waals surface area contributed by atoms with Crippen LogP contribution in [0.15, 0.2) is 36.7 Å². The summed E-state index contributed by atoms with van der Waals surface area (Å²) in [5.41, 5.74) is 2.92. The number of aliphatic hydroxyl groups is 1. The van der Waals surface area contributed by atoms with Crippen molar-refractivity contribution in [1.29, 1.82) is 0 Å². The molecule has 2 aromatic rings. The molecule has 3 heteroatoms. The van der Waals surface area contributed by atoms with E-state index in [1.807, 2.05) is 30.0 Å². The second-order valence-electron chi connectivity index (χ2n) is 4.36. The molecule has 1 unspecified atom stereocenters.